The van der Waals surface area contributed by atoms with Gasteiger partial charge in [-0.2, -0.15) is 26.3 Å². The van der Waals surface area contributed by atoms with Crippen molar-refractivity contribution in [3.63, 3.8) is 0 Å². The SMILES string of the molecule is COc1cc(C(F)(F)F)cc(C(F)(F)F)c1-c1ccc(C(=O)O)cc1. The second-order valence-corrected chi connectivity index (χ2v) is 4.98. The van der Waals surface area contributed by atoms with Gasteiger partial charge in [0.15, 0.2) is 0 Å². The molecule has 9 heteroatoms. The molecule has 0 aliphatic rings. The van der Waals surface area contributed by atoms with Crippen LogP contribution in [-0.2, 0) is 12.4 Å². The van der Waals surface area contributed by atoms with Crippen LogP contribution < -0.4 is 4.74 Å². The molecule has 2 aromatic carbocycles. The summed E-state index contributed by atoms with van der Waals surface area (Å²) in [5, 5.41) is 8.83. The van der Waals surface area contributed by atoms with E-state index in [-0.39, 0.29) is 17.2 Å². The van der Waals surface area contributed by atoms with Crippen molar-refractivity contribution in [1.29, 1.82) is 0 Å². The predicted molar refractivity (Wildman–Crippen MR) is 75.4 cm³/mol. The zero-order valence-electron chi connectivity index (χ0n) is 12.5. The van der Waals surface area contributed by atoms with Gasteiger partial charge >= 0.3 is 18.3 Å². The Morgan fingerprint density at radius 2 is 1.52 bits per heavy atom. The predicted octanol–water partition coefficient (Wildman–Crippen LogP) is 5.10. The minimum atomic E-state index is -5.07. The molecule has 1 N–H and O–H groups in total. The number of hydrogen-bond donors (Lipinski definition) is 1. The number of halogens is 6. The molecule has 0 atom stereocenters. The lowest BCUT2D eigenvalue weighted by molar-refractivity contribution is -0.142. The number of carboxylic acid groups (broad SMARTS) is 1. The Kier molecular flexibility index (Phi) is 4.70. The molecule has 0 bridgehead atoms. The van der Waals surface area contributed by atoms with Crippen molar-refractivity contribution in [1.82, 2.24) is 0 Å². The number of methoxy groups -OCH3 is 1. The topological polar surface area (TPSA) is 46.5 Å². The maximum absolute atomic E-state index is 13.3. The van der Waals surface area contributed by atoms with Crippen molar-refractivity contribution in [2.24, 2.45) is 0 Å². The molecule has 0 fully saturated rings. The van der Waals surface area contributed by atoms with Crippen LogP contribution in [0.2, 0.25) is 0 Å². The summed E-state index contributed by atoms with van der Waals surface area (Å²) in [6, 6.07) is 4.72. The van der Waals surface area contributed by atoms with E-state index in [1.165, 1.54) is 0 Å². The first kappa shape index (κ1) is 18.6. The molecule has 0 unspecified atom stereocenters. The summed E-state index contributed by atoms with van der Waals surface area (Å²) < 4.78 is 83.2. The number of aromatic carboxylic acids is 1. The highest BCUT2D eigenvalue weighted by atomic mass is 19.4. The molecule has 134 valence electrons. The molecule has 0 aliphatic heterocycles. The van der Waals surface area contributed by atoms with Crippen molar-refractivity contribution >= 4 is 5.97 Å². The number of carboxylic acids is 1. The zero-order valence-corrected chi connectivity index (χ0v) is 12.5. The molecule has 0 amide bonds. The summed E-state index contributed by atoms with van der Waals surface area (Å²) >= 11 is 0. The Bertz CT molecular complexity index is 791. The van der Waals surface area contributed by atoms with Crippen LogP contribution in [0.3, 0.4) is 0 Å². The minimum absolute atomic E-state index is 0.00294. The first-order valence-corrected chi connectivity index (χ1v) is 6.65. The molecule has 0 heterocycles. The largest absolute Gasteiger partial charge is 0.496 e. The minimum Gasteiger partial charge on any atom is -0.496 e. The summed E-state index contributed by atoms with van der Waals surface area (Å²) in [6.07, 6.45) is -10.1. The van der Waals surface area contributed by atoms with E-state index in [1.807, 2.05) is 0 Å². The van der Waals surface area contributed by atoms with Gasteiger partial charge < -0.3 is 9.84 Å². The summed E-state index contributed by atoms with van der Waals surface area (Å²) in [6.45, 7) is 0. The number of rotatable bonds is 3. The first-order chi connectivity index (χ1) is 11.4. The third-order valence-electron chi connectivity index (χ3n) is 3.38. The number of alkyl halides is 6. The van der Waals surface area contributed by atoms with Gasteiger partial charge in [-0.05, 0) is 29.8 Å². The lowest BCUT2D eigenvalue weighted by Crippen LogP contribution is -2.13. The molecular formula is C16H10F6O3. The number of hydrogen-bond acceptors (Lipinski definition) is 2. The van der Waals surface area contributed by atoms with Gasteiger partial charge in [-0.1, -0.05) is 12.1 Å². The molecule has 2 rings (SSSR count). The summed E-state index contributed by atoms with van der Waals surface area (Å²) in [7, 11) is 0.949. The first-order valence-electron chi connectivity index (χ1n) is 6.65. The fourth-order valence-electron chi connectivity index (χ4n) is 2.24. The third kappa shape index (κ3) is 3.86. The Morgan fingerprint density at radius 3 is 1.92 bits per heavy atom. The molecule has 0 spiro atoms. The molecule has 0 aliphatic carbocycles. The molecule has 3 nitrogen and oxygen atoms in total. The van der Waals surface area contributed by atoms with Gasteiger partial charge in [0.25, 0.3) is 0 Å². The maximum Gasteiger partial charge on any atom is 0.417 e. The highest BCUT2D eigenvalue weighted by Crippen LogP contribution is 2.45. The number of benzene rings is 2. The fourth-order valence-corrected chi connectivity index (χ4v) is 2.24. The van der Waals surface area contributed by atoms with Gasteiger partial charge in [-0.3, -0.25) is 0 Å². The zero-order chi connectivity index (χ0) is 19.0. The lowest BCUT2D eigenvalue weighted by Gasteiger charge is -2.19. The van der Waals surface area contributed by atoms with Crippen LogP contribution in [0, 0.1) is 0 Å². The van der Waals surface area contributed by atoms with Crippen LogP contribution >= 0.6 is 0 Å². The molecule has 0 radical (unpaired) electrons. The average molecular weight is 364 g/mol. The van der Waals surface area contributed by atoms with Crippen LogP contribution in [0.1, 0.15) is 21.5 Å². The smallest absolute Gasteiger partial charge is 0.417 e. The second kappa shape index (κ2) is 6.30. The molecule has 0 saturated carbocycles. The van der Waals surface area contributed by atoms with Crippen molar-refractivity contribution in [2.75, 3.05) is 7.11 Å². The fraction of sp³-hybridized carbons (Fsp3) is 0.188. The molecule has 0 saturated heterocycles. The van der Waals surface area contributed by atoms with Crippen molar-refractivity contribution < 1.29 is 41.0 Å². The van der Waals surface area contributed by atoms with Gasteiger partial charge in [-0.15, -0.1) is 0 Å². The van der Waals surface area contributed by atoms with E-state index in [1.54, 1.807) is 0 Å². The highest BCUT2D eigenvalue weighted by molar-refractivity contribution is 5.88. The summed E-state index contributed by atoms with van der Waals surface area (Å²) in [5.41, 5.74) is -3.92. The van der Waals surface area contributed by atoms with E-state index in [0.717, 1.165) is 31.4 Å². The number of carbonyl (C=O) groups is 1. The molecule has 25 heavy (non-hydrogen) atoms. The molecule has 0 aromatic heterocycles. The monoisotopic (exact) mass is 364 g/mol. The van der Waals surface area contributed by atoms with Gasteiger partial charge in [0.2, 0.25) is 0 Å². The Balaban J connectivity index is 2.76. The quantitative estimate of drug-likeness (QED) is 0.771. The van der Waals surface area contributed by atoms with Crippen molar-refractivity contribution in [3.05, 3.63) is 53.1 Å². The van der Waals surface area contributed by atoms with Crippen molar-refractivity contribution in [3.8, 4) is 16.9 Å². The highest BCUT2D eigenvalue weighted by Gasteiger charge is 2.40. The van der Waals surface area contributed by atoms with Crippen LogP contribution in [0.25, 0.3) is 11.1 Å². The van der Waals surface area contributed by atoms with E-state index < -0.39 is 40.8 Å². The van der Waals surface area contributed by atoms with Crippen LogP contribution in [0.4, 0.5) is 26.3 Å². The summed E-state index contributed by atoms with van der Waals surface area (Å²) in [4.78, 5) is 10.8. The Labute approximate surface area is 137 Å². The van der Waals surface area contributed by atoms with Gasteiger partial charge in [0.1, 0.15) is 5.75 Å². The standard InChI is InChI=1S/C16H10F6O3/c1-25-12-7-10(15(17,18)19)6-11(16(20,21)22)13(12)8-2-4-9(5-3-8)14(23)24/h2-7H,1H3,(H,23,24). The normalized spacial score (nSPS) is 12.1. The number of ether oxygens (including phenoxy) is 1. The van der Waals surface area contributed by atoms with Gasteiger partial charge in [0, 0.05) is 5.56 Å². The lowest BCUT2D eigenvalue weighted by atomic mass is 9.95. The summed E-state index contributed by atoms with van der Waals surface area (Å²) in [5.74, 6) is -1.91. The van der Waals surface area contributed by atoms with Crippen molar-refractivity contribution in [2.45, 2.75) is 12.4 Å². The Morgan fingerprint density at radius 1 is 0.960 bits per heavy atom. The van der Waals surface area contributed by atoms with E-state index in [9.17, 15) is 31.1 Å². The van der Waals surface area contributed by atoms with Gasteiger partial charge in [0.05, 0.1) is 23.8 Å². The molecule has 2 aromatic rings. The van der Waals surface area contributed by atoms with Gasteiger partial charge in [-0.25, -0.2) is 4.79 Å². The van der Waals surface area contributed by atoms with E-state index in [0.29, 0.717) is 6.07 Å². The second-order valence-electron chi connectivity index (χ2n) is 4.98. The van der Waals surface area contributed by atoms with E-state index in [2.05, 4.69) is 0 Å². The maximum atomic E-state index is 13.3. The third-order valence-corrected chi connectivity index (χ3v) is 3.38. The van der Waals surface area contributed by atoms with Crippen LogP contribution in [-0.4, -0.2) is 18.2 Å². The average Bonchev–Trinajstić information content (AvgIpc) is 2.51. The van der Waals surface area contributed by atoms with E-state index in [4.69, 9.17) is 9.84 Å². The van der Waals surface area contributed by atoms with Crippen LogP contribution in [0.15, 0.2) is 36.4 Å². The van der Waals surface area contributed by atoms with E-state index >= 15 is 0 Å². The van der Waals surface area contributed by atoms with Crippen LogP contribution in [0.5, 0.6) is 5.75 Å². The Hall–Kier alpha value is -2.71. The molecular weight excluding hydrogens is 354 g/mol.